The number of hydrogen-bond acceptors (Lipinski definition) is 5. The normalized spacial score (nSPS) is 15.0. The van der Waals surface area contributed by atoms with Crippen molar-refractivity contribution in [3.63, 3.8) is 0 Å². The van der Waals surface area contributed by atoms with E-state index in [9.17, 15) is 9.59 Å². The summed E-state index contributed by atoms with van der Waals surface area (Å²) in [7, 11) is 0. The summed E-state index contributed by atoms with van der Waals surface area (Å²) in [6, 6.07) is 13.4. The second-order valence-corrected chi connectivity index (χ2v) is 8.06. The van der Waals surface area contributed by atoms with Crippen molar-refractivity contribution in [2.45, 2.75) is 31.6 Å². The molecule has 1 saturated carbocycles. The highest BCUT2D eigenvalue weighted by molar-refractivity contribution is 6.07. The Morgan fingerprint density at radius 3 is 2.42 bits per heavy atom. The maximum absolute atomic E-state index is 13.4. The van der Waals surface area contributed by atoms with Gasteiger partial charge in [0.2, 0.25) is 11.9 Å². The number of rotatable bonds is 4. The molecule has 0 unspecified atom stereocenters. The Bertz CT molecular complexity index is 1300. The third-order valence-electron chi connectivity index (χ3n) is 6.23. The van der Waals surface area contributed by atoms with E-state index >= 15 is 0 Å². The van der Waals surface area contributed by atoms with Crippen LogP contribution in [-0.4, -0.2) is 32.9 Å². The first-order valence-electron chi connectivity index (χ1n) is 10.5. The van der Waals surface area contributed by atoms with Crippen molar-refractivity contribution >= 4 is 39.4 Å². The molecule has 5 rings (SSSR count). The average molecular weight is 413 g/mol. The molecule has 2 heterocycles. The summed E-state index contributed by atoms with van der Waals surface area (Å²) in [5.41, 5.74) is 7.06. The van der Waals surface area contributed by atoms with Gasteiger partial charge in [0.05, 0.1) is 10.9 Å². The predicted octanol–water partition coefficient (Wildman–Crippen LogP) is 3.41. The molecule has 1 aliphatic rings. The van der Waals surface area contributed by atoms with Crippen LogP contribution in [0.15, 0.2) is 54.9 Å². The minimum absolute atomic E-state index is 0.0292. The van der Waals surface area contributed by atoms with Crippen molar-refractivity contribution in [2.24, 2.45) is 0 Å². The quantitative estimate of drug-likeness (QED) is 0.534. The minimum atomic E-state index is -0.561. The second-order valence-electron chi connectivity index (χ2n) is 8.06. The number of aromatic nitrogens is 3. The molecule has 7 heteroatoms. The number of nitrogens with zero attached hydrogens (tertiary/aromatic N) is 3. The molecule has 1 amide bonds. The summed E-state index contributed by atoms with van der Waals surface area (Å²) in [5, 5.41) is 5.49. The third kappa shape index (κ3) is 3.04. The number of benzene rings is 2. The van der Waals surface area contributed by atoms with Crippen molar-refractivity contribution in [2.75, 3.05) is 12.3 Å². The maximum Gasteiger partial charge on any atom is 0.281 e. The van der Waals surface area contributed by atoms with Crippen molar-refractivity contribution in [1.29, 1.82) is 0 Å². The number of likely N-dealkylation sites (N-methyl/N-ethyl adjacent to an activating group) is 1. The summed E-state index contributed by atoms with van der Waals surface area (Å²) in [4.78, 5) is 34.8. The van der Waals surface area contributed by atoms with Crippen LogP contribution in [0.4, 0.5) is 5.95 Å². The number of nitrogens with two attached hydrogens (primary N) is 1. The number of amides is 1. The van der Waals surface area contributed by atoms with E-state index in [4.69, 9.17) is 5.73 Å². The van der Waals surface area contributed by atoms with Gasteiger partial charge in [0.1, 0.15) is 5.69 Å². The summed E-state index contributed by atoms with van der Waals surface area (Å²) in [6.45, 7) is 2.50. The van der Waals surface area contributed by atoms with Crippen LogP contribution in [0, 0.1) is 0 Å². The van der Waals surface area contributed by atoms with Crippen LogP contribution in [0.5, 0.6) is 0 Å². The van der Waals surface area contributed by atoms with Crippen LogP contribution in [0.1, 0.15) is 42.2 Å². The molecular weight excluding hydrogens is 390 g/mol. The van der Waals surface area contributed by atoms with Gasteiger partial charge in [-0.05, 0) is 48.2 Å². The minimum Gasteiger partial charge on any atom is -0.368 e. The van der Waals surface area contributed by atoms with Crippen LogP contribution >= 0.6 is 0 Å². The predicted molar refractivity (Wildman–Crippen MR) is 120 cm³/mol. The van der Waals surface area contributed by atoms with E-state index in [1.54, 1.807) is 12.4 Å². The van der Waals surface area contributed by atoms with Gasteiger partial charge in [-0.1, -0.05) is 36.8 Å². The highest BCUT2D eigenvalue weighted by Gasteiger charge is 2.45. The fraction of sp³-hybridized carbons (Fsp3) is 0.250. The SMILES string of the molecule is CCNC(=O)C1(c2ccc3nc(N)nc(C(=O)n4cc5ccccc5c4)c3c2)CCC1. The van der Waals surface area contributed by atoms with Crippen LogP contribution < -0.4 is 11.1 Å². The molecule has 0 aliphatic heterocycles. The van der Waals surface area contributed by atoms with E-state index in [1.165, 1.54) is 4.57 Å². The monoisotopic (exact) mass is 413 g/mol. The van der Waals surface area contributed by atoms with Crippen molar-refractivity contribution in [3.05, 3.63) is 66.1 Å². The van der Waals surface area contributed by atoms with Gasteiger partial charge in [-0.15, -0.1) is 0 Å². The zero-order valence-electron chi connectivity index (χ0n) is 17.3. The summed E-state index contributed by atoms with van der Waals surface area (Å²) >= 11 is 0. The van der Waals surface area contributed by atoms with Crippen LogP contribution in [0.3, 0.4) is 0 Å². The van der Waals surface area contributed by atoms with Crippen molar-refractivity contribution < 1.29 is 9.59 Å². The Morgan fingerprint density at radius 1 is 1.10 bits per heavy atom. The lowest BCUT2D eigenvalue weighted by molar-refractivity contribution is -0.129. The van der Waals surface area contributed by atoms with Gasteiger partial charge in [-0.25, -0.2) is 9.97 Å². The first-order valence-corrected chi connectivity index (χ1v) is 10.5. The molecule has 2 aromatic heterocycles. The van der Waals surface area contributed by atoms with E-state index in [0.717, 1.165) is 35.6 Å². The molecule has 0 atom stereocenters. The highest BCUT2D eigenvalue weighted by Crippen LogP contribution is 2.44. The Morgan fingerprint density at radius 2 is 1.81 bits per heavy atom. The fourth-order valence-corrected chi connectivity index (χ4v) is 4.44. The Kier molecular flexibility index (Phi) is 4.46. The molecule has 31 heavy (non-hydrogen) atoms. The molecule has 1 fully saturated rings. The molecule has 7 nitrogen and oxygen atoms in total. The van der Waals surface area contributed by atoms with Gasteiger partial charge in [-0.2, -0.15) is 0 Å². The molecule has 0 spiro atoms. The first kappa shape index (κ1) is 19.2. The number of hydrogen-bond donors (Lipinski definition) is 2. The Balaban J connectivity index is 1.65. The second kappa shape index (κ2) is 7.19. The van der Waals surface area contributed by atoms with E-state index < -0.39 is 5.41 Å². The van der Waals surface area contributed by atoms with Crippen LogP contribution in [0.2, 0.25) is 0 Å². The molecule has 156 valence electrons. The van der Waals surface area contributed by atoms with Gasteiger partial charge in [0, 0.05) is 24.3 Å². The number of anilines is 1. The maximum atomic E-state index is 13.4. The molecule has 1 aliphatic carbocycles. The van der Waals surface area contributed by atoms with Gasteiger partial charge < -0.3 is 11.1 Å². The largest absolute Gasteiger partial charge is 0.368 e. The van der Waals surface area contributed by atoms with E-state index in [0.29, 0.717) is 17.4 Å². The zero-order chi connectivity index (χ0) is 21.6. The van der Waals surface area contributed by atoms with Crippen LogP contribution in [-0.2, 0) is 10.2 Å². The van der Waals surface area contributed by atoms with E-state index in [-0.39, 0.29) is 23.5 Å². The number of carbonyl (C=O) groups is 2. The number of nitrogens with one attached hydrogen (secondary N) is 1. The molecule has 2 aromatic carbocycles. The molecule has 4 aromatic rings. The fourth-order valence-electron chi connectivity index (χ4n) is 4.44. The average Bonchev–Trinajstić information content (AvgIpc) is 3.16. The molecular formula is C24H23N5O2. The number of nitrogen functional groups attached to an aromatic ring is 1. The van der Waals surface area contributed by atoms with Crippen molar-refractivity contribution in [1.82, 2.24) is 19.9 Å². The smallest absolute Gasteiger partial charge is 0.281 e. The van der Waals surface area contributed by atoms with E-state index in [1.807, 2.05) is 49.4 Å². The molecule has 3 N–H and O–H groups in total. The lowest BCUT2D eigenvalue weighted by Crippen LogP contribution is -2.49. The summed E-state index contributed by atoms with van der Waals surface area (Å²) < 4.78 is 1.53. The zero-order valence-corrected chi connectivity index (χ0v) is 17.3. The molecule has 0 saturated heterocycles. The number of carbonyl (C=O) groups excluding carboxylic acids is 2. The van der Waals surface area contributed by atoms with Gasteiger partial charge in [0.25, 0.3) is 5.91 Å². The molecule has 0 radical (unpaired) electrons. The first-order chi connectivity index (χ1) is 15.0. The summed E-state index contributed by atoms with van der Waals surface area (Å²) in [5.74, 6) is -0.211. The van der Waals surface area contributed by atoms with Gasteiger partial charge in [-0.3, -0.25) is 14.2 Å². The topological polar surface area (TPSA) is 103 Å². The summed E-state index contributed by atoms with van der Waals surface area (Å²) in [6.07, 6.45) is 6.13. The lowest BCUT2D eigenvalue weighted by atomic mass is 9.63. The lowest BCUT2D eigenvalue weighted by Gasteiger charge is -2.40. The van der Waals surface area contributed by atoms with Crippen molar-refractivity contribution in [3.8, 4) is 0 Å². The number of fused-ring (bicyclic) bond motifs is 2. The Labute approximate surface area is 179 Å². The standard InChI is InChI=1S/C24H23N5O2/c1-2-26-22(31)24(10-5-11-24)17-8-9-19-18(12-17)20(28-23(25)27-19)21(30)29-13-15-6-3-4-7-16(15)14-29/h3-4,6-9,12-14H,2,5,10-11H2,1H3,(H,26,31)(H2,25,27,28). The van der Waals surface area contributed by atoms with Gasteiger partial charge in [0.15, 0.2) is 0 Å². The molecule has 0 bridgehead atoms. The van der Waals surface area contributed by atoms with E-state index in [2.05, 4.69) is 15.3 Å². The highest BCUT2D eigenvalue weighted by atomic mass is 16.2. The van der Waals surface area contributed by atoms with Gasteiger partial charge >= 0.3 is 0 Å². The Hall–Kier alpha value is -3.74. The third-order valence-corrected chi connectivity index (χ3v) is 6.23. The van der Waals surface area contributed by atoms with Crippen LogP contribution in [0.25, 0.3) is 21.7 Å².